The molecule has 0 unspecified atom stereocenters. The number of likely N-dealkylation sites (tertiary alicyclic amines) is 1. The van der Waals surface area contributed by atoms with E-state index in [-0.39, 0.29) is 28.6 Å². The molecule has 0 radical (unpaired) electrons. The van der Waals surface area contributed by atoms with Gasteiger partial charge in [0.05, 0.1) is 42.0 Å². The minimum absolute atomic E-state index is 0.114. The van der Waals surface area contributed by atoms with Gasteiger partial charge < -0.3 is 19.5 Å². The van der Waals surface area contributed by atoms with Gasteiger partial charge in [0.25, 0.3) is 5.91 Å². The van der Waals surface area contributed by atoms with Crippen LogP contribution >= 0.6 is 23.2 Å². The Labute approximate surface area is 251 Å². The van der Waals surface area contributed by atoms with E-state index in [1.807, 2.05) is 24.3 Å². The number of esters is 1. The molecule has 0 spiro atoms. The Morgan fingerprint density at radius 1 is 0.902 bits per heavy atom. The maximum atomic E-state index is 13.0. The smallest absolute Gasteiger partial charge is 0.328 e. The molecule has 3 aromatic carbocycles. The SMILES string of the molecule is CCOC(=O)[C@H](Cc1ccc(-c2c(OC)cc(CN3CCCCC3)cc2OC)cc1)NC(=O)c1c(Cl)cccc1Cl. The van der Waals surface area contributed by atoms with Crippen LogP contribution in [-0.2, 0) is 22.5 Å². The van der Waals surface area contributed by atoms with Gasteiger partial charge >= 0.3 is 5.97 Å². The first-order valence-electron chi connectivity index (χ1n) is 13.8. The van der Waals surface area contributed by atoms with Crippen LogP contribution in [0.15, 0.2) is 54.6 Å². The number of piperidine rings is 1. The van der Waals surface area contributed by atoms with Gasteiger partial charge in [0, 0.05) is 13.0 Å². The van der Waals surface area contributed by atoms with Gasteiger partial charge in [-0.2, -0.15) is 0 Å². The van der Waals surface area contributed by atoms with Crippen molar-refractivity contribution in [3.8, 4) is 22.6 Å². The molecule has 1 aliphatic rings. The molecular formula is C32H36Cl2N2O5. The third-order valence-corrected chi connectivity index (χ3v) is 7.80. The van der Waals surface area contributed by atoms with Gasteiger partial charge in [0.15, 0.2) is 0 Å². The van der Waals surface area contributed by atoms with E-state index in [4.69, 9.17) is 37.4 Å². The predicted octanol–water partition coefficient (Wildman–Crippen LogP) is 6.57. The zero-order chi connectivity index (χ0) is 29.4. The van der Waals surface area contributed by atoms with Crippen molar-refractivity contribution < 1.29 is 23.8 Å². The van der Waals surface area contributed by atoms with Gasteiger partial charge in [-0.05, 0) is 73.8 Å². The van der Waals surface area contributed by atoms with Crippen LogP contribution in [-0.4, -0.2) is 56.7 Å². The molecule has 3 aromatic rings. The fraction of sp³-hybridized carbons (Fsp3) is 0.375. The lowest BCUT2D eigenvalue weighted by atomic mass is 9.97. The van der Waals surface area contributed by atoms with Crippen LogP contribution in [0, 0.1) is 0 Å². The van der Waals surface area contributed by atoms with Crippen molar-refractivity contribution in [1.82, 2.24) is 10.2 Å². The molecule has 1 atom stereocenters. The number of methoxy groups -OCH3 is 2. The van der Waals surface area contributed by atoms with Crippen LogP contribution in [0.2, 0.25) is 10.0 Å². The average Bonchev–Trinajstić information content (AvgIpc) is 2.97. The molecule has 0 bridgehead atoms. The number of nitrogens with one attached hydrogen (secondary N) is 1. The summed E-state index contributed by atoms with van der Waals surface area (Å²) in [4.78, 5) is 28.2. The third-order valence-electron chi connectivity index (χ3n) is 7.17. The van der Waals surface area contributed by atoms with Gasteiger partial charge in [-0.15, -0.1) is 0 Å². The highest BCUT2D eigenvalue weighted by atomic mass is 35.5. The summed E-state index contributed by atoms with van der Waals surface area (Å²) in [5.41, 5.74) is 3.85. The molecule has 0 aromatic heterocycles. The lowest BCUT2D eigenvalue weighted by Gasteiger charge is -2.27. The first kappa shape index (κ1) is 30.7. The zero-order valence-corrected chi connectivity index (χ0v) is 25.2. The minimum Gasteiger partial charge on any atom is -0.496 e. The van der Waals surface area contributed by atoms with Crippen molar-refractivity contribution >= 4 is 35.1 Å². The lowest BCUT2D eigenvalue weighted by molar-refractivity contribution is -0.145. The van der Waals surface area contributed by atoms with Crippen molar-refractivity contribution in [1.29, 1.82) is 0 Å². The second-order valence-electron chi connectivity index (χ2n) is 9.99. The lowest BCUT2D eigenvalue weighted by Crippen LogP contribution is -2.43. The Morgan fingerprint density at radius 2 is 1.51 bits per heavy atom. The highest BCUT2D eigenvalue weighted by Crippen LogP contribution is 2.40. The molecule has 41 heavy (non-hydrogen) atoms. The largest absolute Gasteiger partial charge is 0.496 e. The fourth-order valence-electron chi connectivity index (χ4n) is 5.14. The Balaban J connectivity index is 1.55. The molecule has 4 rings (SSSR count). The van der Waals surface area contributed by atoms with Crippen LogP contribution in [0.5, 0.6) is 11.5 Å². The molecule has 1 heterocycles. The van der Waals surface area contributed by atoms with Gasteiger partial charge in [0.1, 0.15) is 17.5 Å². The number of hydrogen-bond acceptors (Lipinski definition) is 6. The quantitative estimate of drug-likeness (QED) is 0.252. The summed E-state index contributed by atoms with van der Waals surface area (Å²) >= 11 is 12.4. The summed E-state index contributed by atoms with van der Waals surface area (Å²) in [7, 11) is 3.32. The number of benzene rings is 3. The topological polar surface area (TPSA) is 77.1 Å². The van der Waals surface area contributed by atoms with Crippen molar-refractivity contribution in [2.75, 3.05) is 33.9 Å². The second-order valence-corrected chi connectivity index (χ2v) is 10.8. The van der Waals surface area contributed by atoms with Gasteiger partial charge in [-0.1, -0.05) is 60.0 Å². The number of carbonyl (C=O) groups excluding carboxylic acids is 2. The number of carbonyl (C=O) groups is 2. The number of ether oxygens (including phenoxy) is 3. The number of amides is 1. The molecule has 1 saturated heterocycles. The number of rotatable bonds is 11. The summed E-state index contributed by atoms with van der Waals surface area (Å²) in [6, 6.07) is 15.7. The highest BCUT2D eigenvalue weighted by molar-refractivity contribution is 6.39. The van der Waals surface area contributed by atoms with Crippen molar-refractivity contribution in [3.05, 3.63) is 81.3 Å². The highest BCUT2D eigenvalue weighted by Gasteiger charge is 2.26. The van der Waals surface area contributed by atoms with E-state index < -0.39 is 17.9 Å². The fourth-order valence-corrected chi connectivity index (χ4v) is 5.71. The normalized spacial score (nSPS) is 14.3. The first-order chi connectivity index (χ1) is 19.8. The van der Waals surface area contributed by atoms with Crippen molar-refractivity contribution in [2.24, 2.45) is 0 Å². The number of hydrogen-bond donors (Lipinski definition) is 1. The molecule has 1 fully saturated rings. The van der Waals surface area contributed by atoms with E-state index in [1.54, 1.807) is 39.3 Å². The Bertz CT molecular complexity index is 1310. The monoisotopic (exact) mass is 598 g/mol. The first-order valence-corrected chi connectivity index (χ1v) is 14.6. The Hall–Kier alpha value is -3.26. The van der Waals surface area contributed by atoms with Gasteiger partial charge in [0.2, 0.25) is 0 Å². The van der Waals surface area contributed by atoms with Gasteiger partial charge in [-0.3, -0.25) is 9.69 Å². The van der Waals surface area contributed by atoms with Crippen LogP contribution in [0.25, 0.3) is 11.1 Å². The van der Waals surface area contributed by atoms with Crippen molar-refractivity contribution in [3.63, 3.8) is 0 Å². The van der Waals surface area contributed by atoms with Crippen molar-refractivity contribution in [2.45, 2.75) is 45.2 Å². The summed E-state index contributed by atoms with van der Waals surface area (Å²) in [6.07, 6.45) is 3.97. The summed E-state index contributed by atoms with van der Waals surface area (Å²) in [5.74, 6) is 0.380. The number of halogens is 2. The van der Waals surface area contributed by atoms with Crippen LogP contribution in [0.4, 0.5) is 0 Å². The van der Waals surface area contributed by atoms with E-state index in [9.17, 15) is 9.59 Å². The molecule has 0 saturated carbocycles. The standard InChI is InChI=1S/C32H36Cl2N2O5/c1-4-41-32(38)26(35-31(37)30-24(33)9-8-10-25(30)34)17-21-11-13-23(14-12-21)29-27(39-2)18-22(19-28(29)40-3)20-36-15-6-5-7-16-36/h8-14,18-19,26H,4-7,15-17,20H2,1-3H3,(H,35,37)/t26-/m0/s1. The molecule has 0 aliphatic carbocycles. The second kappa shape index (κ2) is 14.6. The molecule has 1 amide bonds. The van der Waals surface area contributed by atoms with E-state index in [0.717, 1.165) is 53.4 Å². The Kier molecular flexibility index (Phi) is 10.9. The maximum absolute atomic E-state index is 13.0. The molecule has 218 valence electrons. The van der Waals surface area contributed by atoms with Crippen LogP contribution in [0.1, 0.15) is 47.7 Å². The molecule has 1 N–H and O–H groups in total. The number of nitrogens with zero attached hydrogens (tertiary/aromatic N) is 1. The van der Waals surface area contributed by atoms with E-state index in [0.29, 0.717) is 0 Å². The molecule has 7 nitrogen and oxygen atoms in total. The molecule has 1 aliphatic heterocycles. The Morgan fingerprint density at radius 3 is 2.07 bits per heavy atom. The van der Waals surface area contributed by atoms with Crippen LogP contribution < -0.4 is 14.8 Å². The van der Waals surface area contributed by atoms with Gasteiger partial charge in [-0.25, -0.2) is 4.79 Å². The summed E-state index contributed by atoms with van der Waals surface area (Å²) in [5, 5.41) is 3.15. The van der Waals surface area contributed by atoms with Crippen LogP contribution in [0.3, 0.4) is 0 Å². The predicted molar refractivity (Wildman–Crippen MR) is 162 cm³/mol. The minimum atomic E-state index is -0.932. The maximum Gasteiger partial charge on any atom is 0.328 e. The summed E-state index contributed by atoms with van der Waals surface area (Å²) in [6.45, 7) is 4.96. The van der Waals surface area contributed by atoms with E-state index in [1.165, 1.54) is 19.3 Å². The summed E-state index contributed by atoms with van der Waals surface area (Å²) < 4.78 is 16.8. The third kappa shape index (κ3) is 7.73. The average molecular weight is 600 g/mol. The zero-order valence-electron chi connectivity index (χ0n) is 23.7. The van der Waals surface area contributed by atoms with E-state index >= 15 is 0 Å². The molecule has 9 heteroatoms. The molecular weight excluding hydrogens is 563 g/mol. The van der Waals surface area contributed by atoms with E-state index in [2.05, 4.69) is 22.3 Å².